The van der Waals surface area contributed by atoms with Crippen LogP contribution in [0.2, 0.25) is 0 Å². The van der Waals surface area contributed by atoms with Crippen LogP contribution in [0.3, 0.4) is 0 Å². The van der Waals surface area contributed by atoms with Crippen LogP contribution in [-0.4, -0.2) is 38.4 Å². The van der Waals surface area contributed by atoms with Gasteiger partial charge in [0.2, 0.25) is 0 Å². The number of benzene rings is 1. The van der Waals surface area contributed by atoms with E-state index in [4.69, 9.17) is 15.2 Å². The lowest BCUT2D eigenvalue weighted by Crippen LogP contribution is -2.27. The summed E-state index contributed by atoms with van der Waals surface area (Å²) in [5, 5.41) is 0. The fourth-order valence-electron chi connectivity index (χ4n) is 1.65. The molecule has 0 saturated heterocycles. The van der Waals surface area contributed by atoms with Gasteiger partial charge in [0.25, 0.3) is 0 Å². The van der Waals surface area contributed by atoms with Crippen LogP contribution in [0, 0.1) is 0 Å². The number of fused-ring (bicyclic) bond motifs is 1. The van der Waals surface area contributed by atoms with Crippen molar-refractivity contribution in [2.45, 2.75) is 6.42 Å². The molecule has 16 heavy (non-hydrogen) atoms. The summed E-state index contributed by atoms with van der Waals surface area (Å²) in [4.78, 5) is 2.08. The van der Waals surface area contributed by atoms with E-state index >= 15 is 0 Å². The number of likely N-dealkylation sites (N-methyl/N-ethyl adjacent to an activating group) is 1. The topological polar surface area (TPSA) is 47.7 Å². The third-order valence-corrected chi connectivity index (χ3v) is 2.70. The normalized spacial score (nSPS) is 14.2. The lowest BCUT2D eigenvalue weighted by molar-refractivity contribution is 0.171. The molecule has 4 nitrogen and oxygen atoms in total. The van der Waals surface area contributed by atoms with E-state index in [-0.39, 0.29) is 0 Å². The highest BCUT2D eigenvalue weighted by Gasteiger charge is 2.11. The Balaban J connectivity index is 2.00. The molecule has 2 rings (SSSR count). The summed E-state index contributed by atoms with van der Waals surface area (Å²) in [6.07, 6.45) is 0.977. The van der Waals surface area contributed by atoms with Crippen molar-refractivity contribution >= 4 is 0 Å². The molecule has 1 aliphatic rings. The molecule has 1 heterocycles. The first-order valence-corrected chi connectivity index (χ1v) is 5.57. The molecule has 0 spiro atoms. The second-order valence-electron chi connectivity index (χ2n) is 3.99. The van der Waals surface area contributed by atoms with E-state index in [1.165, 1.54) is 5.56 Å². The Kier molecular flexibility index (Phi) is 3.64. The van der Waals surface area contributed by atoms with Crippen molar-refractivity contribution in [1.82, 2.24) is 4.90 Å². The van der Waals surface area contributed by atoms with Crippen LogP contribution in [0.25, 0.3) is 0 Å². The van der Waals surface area contributed by atoms with Crippen molar-refractivity contribution in [3.63, 3.8) is 0 Å². The summed E-state index contributed by atoms with van der Waals surface area (Å²) in [7, 11) is 2.01. The van der Waals surface area contributed by atoms with Crippen molar-refractivity contribution in [3.8, 4) is 11.5 Å². The predicted molar refractivity (Wildman–Crippen MR) is 62.8 cm³/mol. The molecule has 0 amide bonds. The summed E-state index contributed by atoms with van der Waals surface area (Å²) in [6.45, 7) is 2.82. The number of nitrogens with zero attached hydrogens (tertiary/aromatic N) is 1. The zero-order valence-corrected chi connectivity index (χ0v) is 9.61. The van der Waals surface area contributed by atoms with Gasteiger partial charge in [0.05, 0.1) is 0 Å². The lowest BCUT2D eigenvalue weighted by Gasteiger charge is -2.19. The maximum Gasteiger partial charge on any atom is 0.161 e. The summed E-state index contributed by atoms with van der Waals surface area (Å²) >= 11 is 0. The number of rotatable bonds is 4. The third-order valence-electron chi connectivity index (χ3n) is 2.70. The van der Waals surface area contributed by atoms with Crippen LogP contribution in [0.4, 0.5) is 0 Å². The van der Waals surface area contributed by atoms with Gasteiger partial charge in [-0.05, 0) is 31.2 Å². The van der Waals surface area contributed by atoms with Crippen molar-refractivity contribution < 1.29 is 9.47 Å². The maximum atomic E-state index is 5.53. The predicted octanol–water partition coefficient (Wildman–Crippen LogP) is 0.848. The quantitative estimate of drug-likeness (QED) is 0.767. The van der Waals surface area contributed by atoms with Crippen LogP contribution < -0.4 is 15.2 Å². The summed E-state index contributed by atoms with van der Waals surface area (Å²) in [5.74, 6) is 1.71. The van der Waals surface area contributed by atoms with Gasteiger partial charge < -0.3 is 15.2 Å². The molecule has 4 heteroatoms. The van der Waals surface area contributed by atoms with Gasteiger partial charge in [0, 0.05) is 13.2 Å². The molecule has 88 valence electrons. The molecule has 0 fully saturated rings. The Hall–Kier alpha value is -1.26. The molecule has 0 aromatic heterocycles. The van der Waals surface area contributed by atoms with Gasteiger partial charge in [0.15, 0.2) is 11.5 Å². The molecular formula is C12H18N2O2. The van der Waals surface area contributed by atoms with E-state index < -0.39 is 0 Å². The van der Waals surface area contributed by atoms with Gasteiger partial charge in [-0.3, -0.25) is 4.90 Å². The molecule has 1 aromatic rings. The lowest BCUT2D eigenvalue weighted by atomic mass is 10.1. The van der Waals surface area contributed by atoms with Gasteiger partial charge in [-0.25, -0.2) is 0 Å². The van der Waals surface area contributed by atoms with E-state index in [2.05, 4.69) is 17.0 Å². The SMILES string of the molecule is CN(CN)CCc1ccc2c(c1)OCCO2. The largest absolute Gasteiger partial charge is 0.486 e. The second kappa shape index (κ2) is 5.18. The fourth-order valence-corrected chi connectivity index (χ4v) is 1.65. The van der Waals surface area contributed by atoms with E-state index in [0.717, 1.165) is 24.5 Å². The summed E-state index contributed by atoms with van der Waals surface area (Å²) in [6, 6.07) is 6.11. The van der Waals surface area contributed by atoms with Crippen molar-refractivity contribution in [2.75, 3.05) is 33.5 Å². The monoisotopic (exact) mass is 222 g/mol. The van der Waals surface area contributed by atoms with E-state index in [9.17, 15) is 0 Å². The molecule has 0 bridgehead atoms. The molecule has 0 atom stereocenters. The second-order valence-corrected chi connectivity index (χ2v) is 3.99. The minimum atomic E-state index is 0.588. The van der Waals surface area contributed by atoms with Gasteiger partial charge in [-0.15, -0.1) is 0 Å². The Morgan fingerprint density at radius 2 is 2.00 bits per heavy atom. The molecule has 0 aliphatic carbocycles. The number of ether oxygens (including phenoxy) is 2. The highest BCUT2D eigenvalue weighted by molar-refractivity contribution is 5.43. The average molecular weight is 222 g/mol. The molecule has 1 aliphatic heterocycles. The zero-order chi connectivity index (χ0) is 11.4. The van der Waals surface area contributed by atoms with Crippen LogP contribution in [-0.2, 0) is 6.42 Å². The van der Waals surface area contributed by atoms with Gasteiger partial charge in [-0.1, -0.05) is 6.07 Å². The molecule has 2 N–H and O–H groups in total. The molecule has 0 unspecified atom stereocenters. The first-order chi connectivity index (χ1) is 7.79. The third kappa shape index (κ3) is 2.65. The van der Waals surface area contributed by atoms with Gasteiger partial charge in [-0.2, -0.15) is 0 Å². The van der Waals surface area contributed by atoms with Crippen LogP contribution in [0.5, 0.6) is 11.5 Å². The zero-order valence-electron chi connectivity index (χ0n) is 9.61. The molecular weight excluding hydrogens is 204 g/mol. The Morgan fingerprint density at radius 1 is 1.25 bits per heavy atom. The van der Waals surface area contributed by atoms with Gasteiger partial charge >= 0.3 is 0 Å². The van der Waals surface area contributed by atoms with Crippen LogP contribution in [0.15, 0.2) is 18.2 Å². The Labute approximate surface area is 95.9 Å². The smallest absolute Gasteiger partial charge is 0.161 e. The Morgan fingerprint density at radius 3 is 2.75 bits per heavy atom. The fraction of sp³-hybridized carbons (Fsp3) is 0.500. The highest BCUT2D eigenvalue weighted by Crippen LogP contribution is 2.30. The summed E-state index contributed by atoms with van der Waals surface area (Å²) in [5.41, 5.74) is 6.78. The van der Waals surface area contributed by atoms with Gasteiger partial charge in [0.1, 0.15) is 13.2 Å². The maximum absolute atomic E-state index is 5.53. The van der Waals surface area contributed by atoms with E-state index in [1.54, 1.807) is 0 Å². The van der Waals surface area contributed by atoms with Crippen molar-refractivity contribution in [3.05, 3.63) is 23.8 Å². The number of hydrogen-bond acceptors (Lipinski definition) is 4. The highest BCUT2D eigenvalue weighted by atomic mass is 16.6. The molecule has 0 radical (unpaired) electrons. The van der Waals surface area contributed by atoms with Crippen LogP contribution in [0.1, 0.15) is 5.56 Å². The standard InChI is InChI=1S/C12H18N2O2/c1-14(9-13)5-4-10-2-3-11-12(8-10)16-7-6-15-11/h2-3,8H,4-7,9,13H2,1H3. The van der Waals surface area contributed by atoms with E-state index in [1.807, 2.05) is 13.1 Å². The number of nitrogens with two attached hydrogens (primary N) is 1. The molecule has 0 saturated carbocycles. The first kappa shape index (κ1) is 11.2. The first-order valence-electron chi connectivity index (χ1n) is 5.57. The molecule has 1 aromatic carbocycles. The minimum absolute atomic E-state index is 0.588. The Bertz CT molecular complexity index is 355. The number of hydrogen-bond donors (Lipinski definition) is 1. The minimum Gasteiger partial charge on any atom is -0.486 e. The summed E-state index contributed by atoms with van der Waals surface area (Å²) < 4.78 is 11.0. The van der Waals surface area contributed by atoms with E-state index in [0.29, 0.717) is 19.9 Å². The average Bonchev–Trinajstić information content (AvgIpc) is 2.35. The van der Waals surface area contributed by atoms with Crippen molar-refractivity contribution in [2.24, 2.45) is 5.73 Å². The van der Waals surface area contributed by atoms with Crippen molar-refractivity contribution in [1.29, 1.82) is 0 Å². The van der Waals surface area contributed by atoms with Crippen LogP contribution >= 0.6 is 0 Å².